The van der Waals surface area contributed by atoms with E-state index in [1.54, 1.807) is 4.52 Å². The maximum absolute atomic E-state index is 9.09. The smallest absolute Gasteiger partial charge is 0.181 e. The van der Waals surface area contributed by atoms with Gasteiger partial charge in [-0.05, 0) is 31.7 Å². The fourth-order valence-electron chi connectivity index (χ4n) is 2.17. The Bertz CT molecular complexity index is 645. The number of hydrogen-bond acceptors (Lipinski definition) is 4. The van der Waals surface area contributed by atoms with Crippen molar-refractivity contribution in [3.63, 3.8) is 0 Å². The van der Waals surface area contributed by atoms with Gasteiger partial charge in [0.05, 0.1) is 0 Å². The second-order valence-corrected chi connectivity index (χ2v) is 5.04. The minimum Gasteiger partial charge on any atom is -0.196 e. The third-order valence-electron chi connectivity index (χ3n) is 3.74. The first-order chi connectivity index (χ1) is 8.70. The van der Waals surface area contributed by atoms with Crippen LogP contribution in [-0.4, -0.2) is 19.8 Å². The summed E-state index contributed by atoms with van der Waals surface area (Å²) in [5.41, 5.74) is 3.13. The standard InChI is InChI=1S/C13H15N5/c1-8-9(2)13-16-15-12(6-5-10-3-4-10)18(13)17-11(8)7-14/h10H,3-6H2,1-2H3. The Hall–Kier alpha value is -1.96. The molecule has 2 aromatic heterocycles. The van der Waals surface area contributed by atoms with Crippen molar-refractivity contribution in [3.8, 4) is 6.07 Å². The summed E-state index contributed by atoms with van der Waals surface area (Å²) in [6.45, 7) is 3.87. The van der Waals surface area contributed by atoms with Crippen molar-refractivity contribution in [2.75, 3.05) is 0 Å². The predicted molar refractivity (Wildman–Crippen MR) is 66.0 cm³/mol. The van der Waals surface area contributed by atoms with Crippen LogP contribution >= 0.6 is 0 Å². The summed E-state index contributed by atoms with van der Waals surface area (Å²) < 4.78 is 1.74. The quantitative estimate of drug-likeness (QED) is 0.823. The van der Waals surface area contributed by atoms with Crippen molar-refractivity contribution in [1.82, 2.24) is 19.8 Å². The zero-order valence-corrected chi connectivity index (χ0v) is 10.6. The van der Waals surface area contributed by atoms with Gasteiger partial charge in [-0.25, -0.2) is 0 Å². The number of aromatic nitrogens is 4. The molecule has 1 fully saturated rings. The lowest BCUT2D eigenvalue weighted by Gasteiger charge is -2.04. The molecule has 92 valence electrons. The van der Waals surface area contributed by atoms with E-state index >= 15 is 0 Å². The fourth-order valence-corrected chi connectivity index (χ4v) is 2.17. The third-order valence-corrected chi connectivity index (χ3v) is 3.74. The summed E-state index contributed by atoms with van der Waals surface area (Å²) in [5.74, 6) is 1.73. The molecule has 5 heteroatoms. The summed E-state index contributed by atoms with van der Waals surface area (Å²) in [6, 6.07) is 2.13. The SMILES string of the molecule is Cc1c(C#N)nn2c(CCC3CC3)nnc2c1C. The van der Waals surface area contributed by atoms with Crippen molar-refractivity contribution in [1.29, 1.82) is 5.26 Å². The lowest BCUT2D eigenvalue weighted by molar-refractivity contribution is 0.674. The van der Waals surface area contributed by atoms with Crippen LogP contribution in [0, 0.1) is 31.1 Å². The summed E-state index contributed by atoms with van der Waals surface area (Å²) in [5, 5.41) is 21.8. The van der Waals surface area contributed by atoms with E-state index in [0.29, 0.717) is 5.69 Å². The van der Waals surface area contributed by atoms with Gasteiger partial charge in [0.2, 0.25) is 0 Å². The largest absolute Gasteiger partial charge is 0.196 e. The number of fused-ring (bicyclic) bond motifs is 1. The van der Waals surface area contributed by atoms with Crippen molar-refractivity contribution < 1.29 is 0 Å². The van der Waals surface area contributed by atoms with Crippen LogP contribution in [0.4, 0.5) is 0 Å². The molecule has 1 aliphatic carbocycles. The minimum atomic E-state index is 0.465. The molecule has 0 aromatic carbocycles. The minimum absolute atomic E-state index is 0.465. The molecule has 0 unspecified atom stereocenters. The first-order valence-electron chi connectivity index (χ1n) is 6.32. The third kappa shape index (κ3) is 1.74. The molecular weight excluding hydrogens is 226 g/mol. The average Bonchev–Trinajstić information content (AvgIpc) is 3.11. The van der Waals surface area contributed by atoms with Gasteiger partial charge in [0.25, 0.3) is 0 Å². The van der Waals surface area contributed by atoms with Gasteiger partial charge in [0.1, 0.15) is 6.07 Å². The summed E-state index contributed by atoms with van der Waals surface area (Å²) in [4.78, 5) is 0. The maximum Gasteiger partial charge on any atom is 0.181 e. The Morgan fingerprint density at radius 1 is 1.28 bits per heavy atom. The molecule has 2 aromatic rings. The number of hydrogen-bond donors (Lipinski definition) is 0. The van der Waals surface area contributed by atoms with Crippen LogP contribution in [0.2, 0.25) is 0 Å². The van der Waals surface area contributed by atoms with Crippen LogP contribution in [0.3, 0.4) is 0 Å². The van der Waals surface area contributed by atoms with E-state index in [1.165, 1.54) is 12.8 Å². The van der Waals surface area contributed by atoms with E-state index in [0.717, 1.165) is 41.4 Å². The molecule has 5 nitrogen and oxygen atoms in total. The van der Waals surface area contributed by atoms with E-state index in [9.17, 15) is 0 Å². The van der Waals surface area contributed by atoms with Gasteiger partial charge in [0, 0.05) is 12.0 Å². The Morgan fingerprint density at radius 3 is 2.72 bits per heavy atom. The monoisotopic (exact) mass is 241 g/mol. The summed E-state index contributed by atoms with van der Waals surface area (Å²) in [7, 11) is 0. The molecule has 0 spiro atoms. The molecule has 1 saturated carbocycles. The molecule has 0 amide bonds. The van der Waals surface area contributed by atoms with E-state index < -0.39 is 0 Å². The van der Waals surface area contributed by atoms with E-state index in [2.05, 4.69) is 21.4 Å². The summed E-state index contributed by atoms with van der Waals surface area (Å²) >= 11 is 0. The van der Waals surface area contributed by atoms with Crippen LogP contribution in [0.25, 0.3) is 5.65 Å². The molecule has 0 saturated heterocycles. The lowest BCUT2D eigenvalue weighted by atomic mass is 10.1. The average molecular weight is 241 g/mol. The van der Waals surface area contributed by atoms with E-state index in [-0.39, 0.29) is 0 Å². The van der Waals surface area contributed by atoms with Crippen LogP contribution in [0.1, 0.15) is 41.9 Å². The fraction of sp³-hybridized carbons (Fsp3) is 0.538. The first-order valence-corrected chi connectivity index (χ1v) is 6.32. The van der Waals surface area contributed by atoms with Crippen LogP contribution in [-0.2, 0) is 6.42 Å². The maximum atomic E-state index is 9.09. The van der Waals surface area contributed by atoms with Crippen LogP contribution < -0.4 is 0 Å². The zero-order chi connectivity index (χ0) is 12.7. The molecule has 2 heterocycles. The van der Waals surface area contributed by atoms with E-state index in [1.807, 2.05) is 13.8 Å². The second kappa shape index (κ2) is 4.05. The Kier molecular flexibility index (Phi) is 2.51. The Balaban J connectivity index is 2.05. The molecule has 1 aliphatic rings. The van der Waals surface area contributed by atoms with Gasteiger partial charge >= 0.3 is 0 Å². The molecule has 0 N–H and O–H groups in total. The molecule has 0 radical (unpaired) electrons. The number of nitrogens with zero attached hydrogens (tertiary/aromatic N) is 5. The highest BCUT2D eigenvalue weighted by Crippen LogP contribution is 2.33. The Labute approximate surface area is 105 Å². The lowest BCUT2D eigenvalue weighted by Crippen LogP contribution is -2.05. The van der Waals surface area contributed by atoms with Gasteiger partial charge in [-0.3, -0.25) is 0 Å². The number of aryl methyl sites for hydroxylation is 2. The van der Waals surface area contributed by atoms with Gasteiger partial charge < -0.3 is 0 Å². The molecule has 0 aliphatic heterocycles. The zero-order valence-electron chi connectivity index (χ0n) is 10.6. The Morgan fingerprint density at radius 2 is 2.06 bits per heavy atom. The van der Waals surface area contributed by atoms with Crippen molar-refractivity contribution in [3.05, 3.63) is 22.6 Å². The molecule has 0 bridgehead atoms. The number of rotatable bonds is 3. The second-order valence-electron chi connectivity index (χ2n) is 5.04. The van der Waals surface area contributed by atoms with Crippen LogP contribution in [0.15, 0.2) is 0 Å². The molecule has 0 atom stereocenters. The van der Waals surface area contributed by atoms with Crippen LogP contribution in [0.5, 0.6) is 0 Å². The highest BCUT2D eigenvalue weighted by molar-refractivity contribution is 5.52. The molecule has 18 heavy (non-hydrogen) atoms. The molecule has 3 rings (SSSR count). The van der Waals surface area contributed by atoms with Crippen molar-refractivity contribution in [2.45, 2.75) is 39.5 Å². The highest BCUT2D eigenvalue weighted by Gasteiger charge is 2.22. The summed E-state index contributed by atoms with van der Waals surface area (Å²) in [6.07, 6.45) is 4.72. The predicted octanol–water partition coefficient (Wildman–Crippen LogP) is 1.96. The first kappa shape index (κ1) is 11.1. The van der Waals surface area contributed by atoms with Gasteiger partial charge in [0.15, 0.2) is 17.2 Å². The van der Waals surface area contributed by atoms with E-state index in [4.69, 9.17) is 5.26 Å². The highest BCUT2D eigenvalue weighted by atomic mass is 15.4. The van der Waals surface area contributed by atoms with Gasteiger partial charge in [-0.15, -0.1) is 10.2 Å². The van der Waals surface area contributed by atoms with Crippen molar-refractivity contribution in [2.24, 2.45) is 5.92 Å². The van der Waals surface area contributed by atoms with Gasteiger partial charge in [-0.1, -0.05) is 12.8 Å². The molecular formula is C13H15N5. The normalized spacial score (nSPS) is 14.9. The van der Waals surface area contributed by atoms with Crippen molar-refractivity contribution >= 4 is 5.65 Å². The topological polar surface area (TPSA) is 66.9 Å². The van der Waals surface area contributed by atoms with Gasteiger partial charge in [-0.2, -0.15) is 14.9 Å². The number of nitriles is 1.